The van der Waals surface area contributed by atoms with Gasteiger partial charge in [-0.2, -0.15) is 5.10 Å². The molecule has 1 heterocycles. The van der Waals surface area contributed by atoms with Gasteiger partial charge in [0.2, 0.25) is 0 Å². The van der Waals surface area contributed by atoms with Crippen molar-refractivity contribution in [1.82, 2.24) is 10.2 Å². The fourth-order valence-electron chi connectivity index (χ4n) is 1.02. The van der Waals surface area contributed by atoms with Gasteiger partial charge in [0.15, 0.2) is 5.78 Å². The Hall–Kier alpha value is -1.38. The molecule has 0 saturated carbocycles. The molecule has 1 aliphatic rings. The van der Waals surface area contributed by atoms with Crippen LogP contribution in [0.1, 0.15) is 11.3 Å². The minimum Gasteiger partial charge on any atom is -0.294 e. The summed E-state index contributed by atoms with van der Waals surface area (Å²) in [4.78, 5) is 10.8. The van der Waals surface area contributed by atoms with E-state index < -0.39 is 0 Å². The monoisotopic (exact) mass is 134 g/mol. The van der Waals surface area contributed by atoms with E-state index in [2.05, 4.69) is 10.2 Å². The van der Waals surface area contributed by atoms with E-state index in [0.717, 1.165) is 11.3 Å². The topological polar surface area (TPSA) is 45.8 Å². The first-order valence-electron chi connectivity index (χ1n) is 3.09. The van der Waals surface area contributed by atoms with Gasteiger partial charge in [-0.05, 0) is 12.2 Å². The van der Waals surface area contributed by atoms with Crippen molar-refractivity contribution in [2.45, 2.75) is 6.42 Å². The molecule has 0 aliphatic heterocycles. The first-order valence-corrected chi connectivity index (χ1v) is 3.09. The Labute approximate surface area is 57.8 Å². The van der Waals surface area contributed by atoms with Crippen LogP contribution in [0.25, 0.3) is 6.08 Å². The third kappa shape index (κ3) is 0.673. The number of rotatable bonds is 0. The zero-order valence-corrected chi connectivity index (χ0v) is 5.29. The van der Waals surface area contributed by atoms with Crippen LogP contribution in [-0.2, 0) is 11.2 Å². The smallest absolute Gasteiger partial charge is 0.161 e. The second-order valence-electron chi connectivity index (χ2n) is 2.28. The lowest BCUT2D eigenvalue weighted by Crippen LogP contribution is -2.03. The van der Waals surface area contributed by atoms with Crippen LogP contribution in [0.4, 0.5) is 0 Å². The molecule has 1 aromatic heterocycles. The quantitative estimate of drug-likeness (QED) is 0.563. The number of carbonyl (C=O) groups excluding carboxylic acids is 1. The molecule has 0 radical (unpaired) electrons. The van der Waals surface area contributed by atoms with Crippen molar-refractivity contribution in [2.75, 3.05) is 0 Å². The van der Waals surface area contributed by atoms with Gasteiger partial charge in [-0.1, -0.05) is 0 Å². The maximum atomic E-state index is 10.8. The molecule has 0 saturated heterocycles. The van der Waals surface area contributed by atoms with Gasteiger partial charge in [0.1, 0.15) is 0 Å². The van der Waals surface area contributed by atoms with Gasteiger partial charge in [-0.15, -0.1) is 0 Å². The average molecular weight is 134 g/mol. The van der Waals surface area contributed by atoms with E-state index in [-0.39, 0.29) is 5.78 Å². The number of fused-ring (bicyclic) bond motifs is 1. The van der Waals surface area contributed by atoms with Crippen molar-refractivity contribution in [2.24, 2.45) is 0 Å². The Morgan fingerprint density at radius 2 is 2.40 bits per heavy atom. The van der Waals surface area contributed by atoms with Crippen molar-refractivity contribution in [3.63, 3.8) is 0 Å². The molecular weight excluding hydrogens is 128 g/mol. The summed E-state index contributed by atoms with van der Waals surface area (Å²) in [6.07, 6.45) is 5.55. The highest BCUT2D eigenvalue weighted by atomic mass is 16.1. The second kappa shape index (κ2) is 1.80. The molecule has 10 heavy (non-hydrogen) atoms. The Morgan fingerprint density at radius 1 is 1.50 bits per heavy atom. The molecule has 0 fully saturated rings. The number of hydrogen-bond donors (Lipinski definition) is 1. The molecule has 3 nitrogen and oxygen atoms in total. The minimum atomic E-state index is 0.136. The number of carbonyl (C=O) groups is 1. The van der Waals surface area contributed by atoms with Crippen LogP contribution < -0.4 is 0 Å². The number of allylic oxidation sites excluding steroid dienone is 1. The standard InChI is InChI=1S/C7H6N2O/c10-6-2-1-5-4-8-9-7(5)3-6/h1-2,4H,3H2,(H,8,9). The lowest BCUT2D eigenvalue weighted by molar-refractivity contribution is -0.114. The number of nitrogens with one attached hydrogen (secondary N) is 1. The summed E-state index contributed by atoms with van der Waals surface area (Å²) in [6.45, 7) is 0. The van der Waals surface area contributed by atoms with Crippen molar-refractivity contribution >= 4 is 11.9 Å². The van der Waals surface area contributed by atoms with Crippen LogP contribution in [-0.4, -0.2) is 16.0 Å². The maximum absolute atomic E-state index is 10.8. The van der Waals surface area contributed by atoms with Crippen LogP contribution >= 0.6 is 0 Å². The molecule has 3 heteroatoms. The summed E-state index contributed by atoms with van der Waals surface area (Å²) in [5, 5.41) is 6.58. The van der Waals surface area contributed by atoms with E-state index in [1.165, 1.54) is 0 Å². The van der Waals surface area contributed by atoms with Gasteiger partial charge in [0, 0.05) is 5.56 Å². The summed E-state index contributed by atoms with van der Waals surface area (Å²) >= 11 is 0. The zero-order valence-electron chi connectivity index (χ0n) is 5.29. The Bertz CT molecular complexity index is 298. The number of H-pyrrole nitrogens is 1. The van der Waals surface area contributed by atoms with E-state index in [1.807, 2.05) is 0 Å². The van der Waals surface area contributed by atoms with Crippen molar-refractivity contribution < 1.29 is 4.79 Å². The first-order chi connectivity index (χ1) is 4.86. The van der Waals surface area contributed by atoms with Gasteiger partial charge in [0.05, 0.1) is 18.3 Å². The molecule has 2 rings (SSSR count). The molecule has 1 aromatic rings. The summed E-state index contributed by atoms with van der Waals surface area (Å²) in [5.74, 6) is 0.136. The van der Waals surface area contributed by atoms with Gasteiger partial charge in [-0.25, -0.2) is 0 Å². The number of hydrogen-bond acceptors (Lipinski definition) is 2. The summed E-state index contributed by atoms with van der Waals surface area (Å²) in [5.41, 5.74) is 1.95. The normalized spacial score (nSPS) is 15.4. The predicted molar refractivity (Wildman–Crippen MR) is 36.3 cm³/mol. The molecular formula is C7H6N2O. The second-order valence-corrected chi connectivity index (χ2v) is 2.28. The zero-order chi connectivity index (χ0) is 6.97. The van der Waals surface area contributed by atoms with E-state index >= 15 is 0 Å². The molecule has 0 atom stereocenters. The lowest BCUT2D eigenvalue weighted by Gasteiger charge is -1.99. The fraction of sp³-hybridized carbons (Fsp3) is 0.143. The van der Waals surface area contributed by atoms with Gasteiger partial charge in [0.25, 0.3) is 0 Å². The van der Waals surface area contributed by atoms with Crippen LogP contribution in [0, 0.1) is 0 Å². The summed E-state index contributed by atoms with van der Waals surface area (Å²) in [7, 11) is 0. The molecule has 0 bridgehead atoms. The molecule has 1 N–H and O–H groups in total. The highest BCUT2D eigenvalue weighted by molar-refractivity contribution is 5.97. The Kier molecular flexibility index (Phi) is 0.974. The Morgan fingerprint density at radius 3 is 3.30 bits per heavy atom. The Balaban J connectivity index is 2.52. The van der Waals surface area contributed by atoms with Gasteiger partial charge in [-0.3, -0.25) is 9.89 Å². The fourth-order valence-corrected chi connectivity index (χ4v) is 1.02. The average Bonchev–Trinajstić information content (AvgIpc) is 2.33. The lowest BCUT2D eigenvalue weighted by atomic mass is 10.1. The number of aromatic amines is 1. The van der Waals surface area contributed by atoms with E-state index in [4.69, 9.17) is 0 Å². The number of nitrogens with zero attached hydrogens (tertiary/aromatic N) is 1. The van der Waals surface area contributed by atoms with Crippen molar-refractivity contribution in [1.29, 1.82) is 0 Å². The van der Waals surface area contributed by atoms with Gasteiger partial charge < -0.3 is 0 Å². The van der Waals surface area contributed by atoms with E-state index in [0.29, 0.717) is 6.42 Å². The molecule has 1 aliphatic carbocycles. The van der Waals surface area contributed by atoms with Crippen LogP contribution in [0.2, 0.25) is 0 Å². The maximum Gasteiger partial charge on any atom is 0.161 e. The predicted octanol–water partition coefficient (Wildman–Crippen LogP) is 0.548. The first kappa shape index (κ1) is 5.41. The van der Waals surface area contributed by atoms with Crippen LogP contribution in [0.15, 0.2) is 12.3 Å². The number of aromatic nitrogens is 2. The van der Waals surface area contributed by atoms with Crippen molar-refractivity contribution in [3.05, 3.63) is 23.5 Å². The third-order valence-corrected chi connectivity index (χ3v) is 1.55. The van der Waals surface area contributed by atoms with E-state index in [9.17, 15) is 4.79 Å². The summed E-state index contributed by atoms with van der Waals surface area (Å²) in [6, 6.07) is 0. The van der Waals surface area contributed by atoms with Crippen LogP contribution in [0.3, 0.4) is 0 Å². The molecule has 50 valence electrons. The molecule has 0 spiro atoms. The SMILES string of the molecule is O=C1C=Cc2cn[nH]c2C1. The summed E-state index contributed by atoms with van der Waals surface area (Å²) < 4.78 is 0. The van der Waals surface area contributed by atoms with Gasteiger partial charge >= 0.3 is 0 Å². The molecule has 0 unspecified atom stereocenters. The van der Waals surface area contributed by atoms with E-state index in [1.54, 1.807) is 18.3 Å². The van der Waals surface area contributed by atoms with Crippen LogP contribution in [0.5, 0.6) is 0 Å². The highest BCUT2D eigenvalue weighted by Crippen LogP contribution is 2.12. The minimum absolute atomic E-state index is 0.136. The van der Waals surface area contributed by atoms with Crippen molar-refractivity contribution in [3.8, 4) is 0 Å². The highest BCUT2D eigenvalue weighted by Gasteiger charge is 2.10. The third-order valence-electron chi connectivity index (χ3n) is 1.55. The molecule has 0 aromatic carbocycles. The molecule has 0 amide bonds. The number of ketones is 1. The largest absolute Gasteiger partial charge is 0.294 e.